The lowest BCUT2D eigenvalue weighted by Gasteiger charge is -2.29. The van der Waals surface area contributed by atoms with Gasteiger partial charge in [0, 0.05) is 6.54 Å². The third-order valence-electron chi connectivity index (χ3n) is 4.51. The van der Waals surface area contributed by atoms with E-state index in [1.807, 2.05) is 18.2 Å². The predicted octanol–water partition coefficient (Wildman–Crippen LogP) is 4.21. The van der Waals surface area contributed by atoms with Gasteiger partial charge in [-0.25, -0.2) is 0 Å². The molecular weight excluding hydrogens is 244 g/mol. The lowest BCUT2D eigenvalue weighted by Crippen LogP contribution is -2.26. The third kappa shape index (κ3) is 4.08. The van der Waals surface area contributed by atoms with Crippen molar-refractivity contribution in [2.45, 2.75) is 46.6 Å². The van der Waals surface area contributed by atoms with E-state index < -0.39 is 0 Å². The van der Waals surface area contributed by atoms with Gasteiger partial charge in [0.05, 0.1) is 11.6 Å². The Morgan fingerprint density at radius 3 is 2.75 bits per heavy atom. The summed E-state index contributed by atoms with van der Waals surface area (Å²) in [4.78, 5) is 2.54. The van der Waals surface area contributed by atoms with Gasteiger partial charge in [0.2, 0.25) is 0 Å². The summed E-state index contributed by atoms with van der Waals surface area (Å²) in [6.07, 6.45) is 3.93. The number of hydrogen-bond donors (Lipinski definition) is 0. The van der Waals surface area contributed by atoms with Gasteiger partial charge < -0.3 is 0 Å². The minimum Gasteiger partial charge on any atom is -0.299 e. The van der Waals surface area contributed by atoms with Crippen molar-refractivity contribution < 1.29 is 0 Å². The van der Waals surface area contributed by atoms with E-state index in [2.05, 4.69) is 37.8 Å². The fourth-order valence-corrected chi connectivity index (χ4v) is 3.18. The molecule has 1 aliphatic heterocycles. The Morgan fingerprint density at radius 2 is 2.05 bits per heavy atom. The molecule has 1 heterocycles. The molecular formula is C18H26N2. The first-order valence-corrected chi connectivity index (χ1v) is 7.70. The molecule has 0 bridgehead atoms. The van der Waals surface area contributed by atoms with Gasteiger partial charge >= 0.3 is 0 Å². The van der Waals surface area contributed by atoms with Crippen LogP contribution in [-0.2, 0) is 6.54 Å². The maximum absolute atomic E-state index is 8.97. The maximum atomic E-state index is 8.97. The molecule has 2 nitrogen and oxygen atoms in total. The number of benzene rings is 1. The van der Waals surface area contributed by atoms with E-state index in [0.29, 0.717) is 5.41 Å². The molecule has 1 aromatic carbocycles. The summed E-state index contributed by atoms with van der Waals surface area (Å²) >= 11 is 0. The van der Waals surface area contributed by atoms with Gasteiger partial charge in [-0.05, 0) is 61.4 Å². The zero-order chi connectivity index (χ0) is 14.6. The van der Waals surface area contributed by atoms with E-state index in [1.165, 1.54) is 37.9 Å². The zero-order valence-corrected chi connectivity index (χ0v) is 13.0. The van der Waals surface area contributed by atoms with Gasteiger partial charge in [-0.3, -0.25) is 4.90 Å². The molecule has 0 aliphatic carbocycles. The van der Waals surface area contributed by atoms with Crippen LogP contribution in [0.3, 0.4) is 0 Å². The average Bonchev–Trinajstić information content (AvgIpc) is 2.64. The molecule has 0 amide bonds. The standard InChI is InChI=1S/C18H26N2/c1-18(2,3)17-8-5-10-20(11-9-17)14-16-7-4-6-15(12-16)13-19/h4,6-7,12,17H,5,8-11,14H2,1-3H3. The second kappa shape index (κ2) is 6.41. The summed E-state index contributed by atoms with van der Waals surface area (Å²) < 4.78 is 0. The SMILES string of the molecule is CC(C)(C)C1CCCN(Cc2cccc(C#N)c2)CC1. The molecule has 2 heteroatoms. The van der Waals surface area contributed by atoms with Crippen LogP contribution in [0, 0.1) is 22.7 Å². The Hall–Kier alpha value is -1.33. The molecule has 1 aromatic rings. The Morgan fingerprint density at radius 1 is 1.25 bits per heavy atom. The van der Waals surface area contributed by atoms with Crippen molar-refractivity contribution in [2.24, 2.45) is 11.3 Å². The van der Waals surface area contributed by atoms with E-state index >= 15 is 0 Å². The van der Waals surface area contributed by atoms with Crippen LogP contribution in [0.5, 0.6) is 0 Å². The maximum Gasteiger partial charge on any atom is 0.0991 e. The smallest absolute Gasteiger partial charge is 0.0991 e. The lowest BCUT2D eigenvalue weighted by atomic mass is 9.77. The molecule has 1 aliphatic rings. The highest BCUT2D eigenvalue weighted by Gasteiger charge is 2.26. The van der Waals surface area contributed by atoms with Crippen LogP contribution in [0.1, 0.15) is 51.2 Å². The van der Waals surface area contributed by atoms with Crippen molar-refractivity contribution in [3.05, 3.63) is 35.4 Å². The first-order chi connectivity index (χ1) is 9.49. The molecule has 2 rings (SSSR count). The second-order valence-electron chi connectivity index (χ2n) is 7.08. The van der Waals surface area contributed by atoms with Crippen LogP contribution >= 0.6 is 0 Å². The molecule has 20 heavy (non-hydrogen) atoms. The summed E-state index contributed by atoms with van der Waals surface area (Å²) in [5.41, 5.74) is 2.46. The second-order valence-corrected chi connectivity index (χ2v) is 7.08. The van der Waals surface area contributed by atoms with Crippen molar-refractivity contribution >= 4 is 0 Å². The summed E-state index contributed by atoms with van der Waals surface area (Å²) in [6, 6.07) is 10.2. The number of hydrogen-bond acceptors (Lipinski definition) is 2. The number of nitriles is 1. The number of likely N-dealkylation sites (tertiary alicyclic amines) is 1. The first-order valence-electron chi connectivity index (χ1n) is 7.70. The fourth-order valence-electron chi connectivity index (χ4n) is 3.18. The van der Waals surface area contributed by atoms with Crippen molar-refractivity contribution in [2.75, 3.05) is 13.1 Å². The predicted molar refractivity (Wildman–Crippen MR) is 83.2 cm³/mol. The van der Waals surface area contributed by atoms with E-state index in [4.69, 9.17) is 5.26 Å². The summed E-state index contributed by atoms with van der Waals surface area (Å²) in [5.74, 6) is 0.831. The van der Waals surface area contributed by atoms with Gasteiger partial charge in [0.15, 0.2) is 0 Å². The molecule has 0 saturated carbocycles. The van der Waals surface area contributed by atoms with Crippen LogP contribution < -0.4 is 0 Å². The van der Waals surface area contributed by atoms with Crippen molar-refractivity contribution in [1.82, 2.24) is 4.90 Å². The lowest BCUT2D eigenvalue weighted by molar-refractivity contribution is 0.206. The molecule has 1 saturated heterocycles. The number of nitrogens with zero attached hydrogens (tertiary/aromatic N) is 2. The Labute approximate surface area is 123 Å². The van der Waals surface area contributed by atoms with Crippen molar-refractivity contribution in [3.8, 4) is 6.07 Å². The normalized spacial score (nSPS) is 21.2. The van der Waals surface area contributed by atoms with Gasteiger partial charge in [-0.2, -0.15) is 5.26 Å². The Bertz CT molecular complexity index is 479. The Kier molecular flexibility index (Phi) is 4.83. The molecule has 0 aromatic heterocycles. The molecule has 0 N–H and O–H groups in total. The van der Waals surface area contributed by atoms with E-state index in [1.54, 1.807) is 0 Å². The molecule has 0 spiro atoms. The Balaban J connectivity index is 1.96. The zero-order valence-electron chi connectivity index (χ0n) is 13.0. The quantitative estimate of drug-likeness (QED) is 0.805. The molecule has 1 unspecified atom stereocenters. The number of rotatable bonds is 2. The molecule has 0 radical (unpaired) electrons. The van der Waals surface area contributed by atoms with Crippen molar-refractivity contribution in [1.29, 1.82) is 5.26 Å². The van der Waals surface area contributed by atoms with Crippen LogP contribution in [0.4, 0.5) is 0 Å². The van der Waals surface area contributed by atoms with Gasteiger partial charge in [-0.1, -0.05) is 32.9 Å². The largest absolute Gasteiger partial charge is 0.299 e. The van der Waals surface area contributed by atoms with Gasteiger partial charge in [0.1, 0.15) is 0 Å². The minimum absolute atomic E-state index is 0.427. The van der Waals surface area contributed by atoms with E-state index in [9.17, 15) is 0 Å². The average molecular weight is 270 g/mol. The molecule has 108 valence electrons. The summed E-state index contributed by atoms with van der Waals surface area (Å²) in [6.45, 7) is 10.4. The summed E-state index contributed by atoms with van der Waals surface area (Å²) in [5, 5.41) is 8.97. The summed E-state index contributed by atoms with van der Waals surface area (Å²) in [7, 11) is 0. The van der Waals surface area contributed by atoms with Gasteiger partial charge in [0.25, 0.3) is 0 Å². The first kappa shape index (κ1) is 15.1. The monoisotopic (exact) mass is 270 g/mol. The van der Waals surface area contributed by atoms with E-state index in [0.717, 1.165) is 18.0 Å². The third-order valence-corrected chi connectivity index (χ3v) is 4.51. The molecule has 1 fully saturated rings. The van der Waals surface area contributed by atoms with E-state index in [-0.39, 0.29) is 0 Å². The van der Waals surface area contributed by atoms with Crippen LogP contribution in [-0.4, -0.2) is 18.0 Å². The topological polar surface area (TPSA) is 27.0 Å². The van der Waals surface area contributed by atoms with Crippen LogP contribution in [0.15, 0.2) is 24.3 Å². The van der Waals surface area contributed by atoms with Crippen LogP contribution in [0.25, 0.3) is 0 Å². The van der Waals surface area contributed by atoms with Crippen molar-refractivity contribution in [3.63, 3.8) is 0 Å². The molecule has 1 atom stereocenters. The highest BCUT2D eigenvalue weighted by Crippen LogP contribution is 2.34. The van der Waals surface area contributed by atoms with Gasteiger partial charge in [-0.15, -0.1) is 0 Å². The fraction of sp³-hybridized carbons (Fsp3) is 0.611. The highest BCUT2D eigenvalue weighted by molar-refractivity contribution is 5.32. The highest BCUT2D eigenvalue weighted by atomic mass is 15.1. The van der Waals surface area contributed by atoms with Crippen LogP contribution in [0.2, 0.25) is 0 Å². The minimum atomic E-state index is 0.427.